The van der Waals surface area contributed by atoms with Gasteiger partial charge in [-0.05, 0) is 43.7 Å². The molecule has 1 heterocycles. The van der Waals surface area contributed by atoms with Crippen molar-refractivity contribution in [3.05, 3.63) is 12.2 Å². The van der Waals surface area contributed by atoms with Crippen LogP contribution in [0.25, 0.3) is 0 Å². The van der Waals surface area contributed by atoms with Crippen LogP contribution < -0.4 is 5.32 Å². The Balaban J connectivity index is 2.56. The summed E-state index contributed by atoms with van der Waals surface area (Å²) in [7, 11) is 0. The Morgan fingerprint density at radius 3 is 2.50 bits per heavy atom. The molecule has 1 atom stereocenters. The molecule has 0 aliphatic rings. The van der Waals surface area contributed by atoms with Crippen molar-refractivity contribution in [1.82, 2.24) is 20.1 Å². The standard InChI is InChI=1S/C16H32N4/c1-6-7-20-16(18-12-19-20)9-15(8-13(2)3)11-17-10-14(4)5/h12-15,17H,6-11H2,1-5H3. The molecule has 1 unspecified atom stereocenters. The Morgan fingerprint density at radius 2 is 1.90 bits per heavy atom. The number of rotatable bonds is 10. The maximum absolute atomic E-state index is 4.45. The SMILES string of the molecule is CCCn1ncnc1CC(CNCC(C)C)CC(C)C. The predicted molar refractivity (Wildman–Crippen MR) is 84.7 cm³/mol. The summed E-state index contributed by atoms with van der Waals surface area (Å²) in [4.78, 5) is 4.45. The van der Waals surface area contributed by atoms with E-state index in [9.17, 15) is 0 Å². The second-order valence-electron chi connectivity index (χ2n) is 6.65. The van der Waals surface area contributed by atoms with Crippen molar-refractivity contribution in [2.75, 3.05) is 13.1 Å². The van der Waals surface area contributed by atoms with Gasteiger partial charge in [-0.2, -0.15) is 5.10 Å². The molecule has 0 aliphatic heterocycles. The summed E-state index contributed by atoms with van der Waals surface area (Å²) in [5, 5.41) is 7.93. The van der Waals surface area contributed by atoms with Crippen molar-refractivity contribution < 1.29 is 0 Å². The fourth-order valence-electron chi connectivity index (χ4n) is 2.58. The number of hydrogen-bond acceptors (Lipinski definition) is 3. The monoisotopic (exact) mass is 280 g/mol. The summed E-state index contributed by atoms with van der Waals surface area (Å²) in [5.74, 6) is 3.22. The molecule has 0 aliphatic carbocycles. The summed E-state index contributed by atoms with van der Waals surface area (Å²) >= 11 is 0. The van der Waals surface area contributed by atoms with Crippen LogP contribution in [0.2, 0.25) is 0 Å². The van der Waals surface area contributed by atoms with E-state index in [0.29, 0.717) is 11.8 Å². The van der Waals surface area contributed by atoms with E-state index in [-0.39, 0.29) is 0 Å². The third kappa shape index (κ3) is 6.51. The van der Waals surface area contributed by atoms with Crippen molar-refractivity contribution >= 4 is 0 Å². The highest BCUT2D eigenvalue weighted by molar-refractivity contribution is 4.88. The maximum atomic E-state index is 4.45. The molecule has 0 aromatic carbocycles. The molecule has 4 nitrogen and oxygen atoms in total. The smallest absolute Gasteiger partial charge is 0.138 e. The Hall–Kier alpha value is -0.900. The van der Waals surface area contributed by atoms with Gasteiger partial charge in [-0.25, -0.2) is 4.98 Å². The molecule has 0 amide bonds. The van der Waals surface area contributed by atoms with E-state index < -0.39 is 0 Å². The van der Waals surface area contributed by atoms with Gasteiger partial charge in [0, 0.05) is 13.0 Å². The van der Waals surface area contributed by atoms with E-state index in [1.54, 1.807) is 6.33 Å². The van der Waals surface area contributed by atoms with Crippen LogP contribution in [0.4, 0.5) is 0 Å². The van der Waals surface area contributed by atoms with E-state index >= 15 is 0 Å². The number of nitrogens with one attached hydrogen (secondary N) is 1. The van der Waals surface area contributed by atoms with E-state index in [1.807, 2.05) is 0 Å². The van der Waals surface area contributed by atoms with Gasteiger partial charge in [-0.1, -0.05) is 34.6 Å². The van der Waals surface area contributed by atoms with Crippen LogP contribution in [-0.4, -0.2) is 27.9 Å². The highest BCUT2D eigenvalue weighted by Gasteiger charge is 2.15. The van der Waals surface area contributed by atoms with Gasteiger partial charge in [0.05, 0.1) is 0 Å². The number of nitrogens with zero attached hydrogens (tertiary/aromatic N) is 3. The van der Waals surface area contributed by atoms with Crippen LogP contribution in [0.5, 0.6) is 0 Å². The minimum Gasteiger partial charge on any atom is -0.316 e. The topological polar surface area (TPSA) is 42.7 Å². The molecule has 0 saturated heterocycles. The summed E-state index contributed by atoms with van der Waals surface area (Å²) in [5.41, 5.74) is 0. The lowest BCUT2D eigenvalue weighted by atomic mass is 9.93. The third-order valence-electron chi connectivity index (χ3n) is 3.39. The molecule has 1 aromatic rings. The molecular formula is C16H32N4. The molecule has 1 aromatic heterocycles. The zero-order valence-electron chi connectivity index (χ0n) is 13.9. The number of aromatic nitrogens is 3. The van der Waals surface area contributed by atoms with Gasteiger partial charge < -0.3 is 5.32 Å². The largest absolute Gasteiger partial charge is 0.316 e. The summed E-state index contributed by atoms with van der Waals surface area (Å²) in [6.45, 7) is 14.4. The van der Waals surface area contributed by atoms with Crippen LogP contribution >= 0.6 is 0 Å². The molecule has 1 N–H and O–H groups in total. The molecule has 0 fully saturated rings. The molecule has 116 valence electrons. The quantitative estimate of drug-likeness (QED) is 0.716. The maximum Gasteiger partial charge on any atom is 0.138 e. The zero-order valence-corrected chi connectivity index (χ0v) is 13.9. The molecule has 4 heteroatoms. The van der Waals surface area contributed by atoms with Gasteiger partial charge in [0.25, 0.3) is 0 Å². The fourth-order valence-corrected chi connectivity index (χ4v) is 2.58. The van der Waals surface area contributed by atoms with Crippen molar-refractivity contribution in [3.8, 4) is 0 Å². The minimum absolute atomic E-state index is 0.647. The summed E-state index contributed by atoms with van der Waals surface area (Å²) < 4.78 is 2.07. The molecular weight excluding hydrogens is 248 g/mol. The van der Waals surface area contributed by atoms with Crippen LogP contribution in [0, 0.1) is 17.8 Å². The van der Waals surface area contributed by atoms with Crippen molar-refractivity contribution in [1.29, 1.82) is 0 Å². The van der Waals surface area contributed by atoms with Gasteiger partial charge >= 0.3 is 0 Å². The Labute approximate surface area is 124 Å². The third-order valence-corrected chi connectivity index (χ3v) is 3.39. The lowest BCUT2D eigenvalue weighted by molar-refractivity contribution is 0.364. The minimum atomic E-state index is 0.647. The first-order valence-electron chi connectivity index (χ1n) is 8.10. The average Bonchev–Trinajstić information content (AvgIpc) is 2.76. The van der Waals surface area contributed by atoms with Gasteiger partial charge in [-0.3, -0.25) is 4.68 Å². The first-order chi connectivity index (χ1) is 9.52. The normalized spacial score (nSPS) is 13.3. The van der Waals surface area contributed by atoms with Crippen molar-refractivity contribution in [3.63, 3.8) is 0 Å². The van der Waals surface area contributed by atoms with Crippen LogP contribution in [0.3, 0.4) is 0 Å². The Kier molecular flexibility index (Phi) is 7.82. The van der Waals surface area contributed by atoms with Crippen LogP contribution in [-0.2, 0) is 13.0 Å². The highest BCUT2D eigenvalue weighted by Crippen LogP contribution is 2.16. The highest BCUT2D eigenvalue weighted by atomic mass is 15.3. The molecule has 0 bridgehead atoms. The Morgan fingerprint density at radius 1 is 1.15 bits per heavy atom. The first-order valence-corrected chi connectivity index (χ1v) is 8.10. The van der Waals surface area contributed by atoms with E-state index in [1.165, 1.54) is 6.42 Å². The summed E-state index contributed by atoms with van der Waals surface area (Å²) in [6.07, 6.45) is 5.07. The molecule has 1 rings (SSSR count). The predicted octanol–water partition coefficient (Wildman–Crippen LogP) is 3.14. The van der Waals surface area contributed by atoms with Gasteiger partial charge in [0.2, 0.25) is 0 Å². The second kappa shape index (κ2) is 9.11. The van der Waals surface area contributed by atoms with Crippen molar-refractivity contribution in [2.45, 2.75) is 60.4 Å². The van der Waals surface area contributed by atoms with E-state index in [2.05, 4.69) is 54.7 Å². The van der Waals surface area contributed by atoms with E-state index in [4.69, 9.17) is 0 Å². The van der Waals surface area contributed by atoms with Crippen LogP contribution in [0.1, 0.15) is 53.3 Å². The van der Waals surface area contributed by atoms with E-state index in [0.717, 1.165) is 44.2 Å². The lowest BCUT2D eigenvalue weighted by Gasteiger charge is -2.20. The van der Waals surface area contributed by atoms with Gasteiger partial charge in [-0.15, -0.1) is 0 Å². The Bertz CT molecular complexity index is 357. The molecule has 0 radical (unpaired) electrons. The molecule has 0 spiro atoms. The van der Waals surface area contributed by atoms with Gasteiger partial charge in [0.15, 0.2) is 0 Å². The van der Waals surface area contributed by atoms with Crippen molar-refractivity contribution in [2.24, 2.45) is 17.8 Å². The fraction of sp³-hybridized carbons (Fsp3) is 0.875. The lowest BCUT2D eigenvalue weighted by Crippen LogP contribution is -2.29. The number of hydrogen-bond donors (Lipinski definition) is 1. The first kappa shape index (κ1) is 17.2. The van der Waals surface area contributed by atoms with Gasteiger partial charge in [0.1, 0.15) is 12.2 Å². The molecule has 20 heavy (non-hydrogen) atoms. The summed E-state index contributed by atoms with van der Waals surface area (Å²) in [6, 6.07) is 0. The second-order valence-corrected chi connectivity index (χ2v) is 6.65. The molecule has 0 saturated carbocycles. The number of aryl methyl sites for hydroxylation is 1. The zero-order chi connectivity index (χ0) is 15.0. The average molecular weight is 280 g/mol. The van der Waals surface area contributed by atoms with Crippen LogP contribution in [0.15, 0.2) is 6.33 Å².